The number of furan rings is 1. The van der Waals surface area contributed by atoms with Crippen molar-refractivity contribution in [3.05, 3.63) is 17.9 Å². The van der Waals surface area contributed by atoms with E-state index in [0.717, 1.165) is 12.8 Å². The maximum absolute atomic E-state index is 11.8. The van der Waals surface area contributed by atoms with Crippen molar-refractivity contribution in [3.8, 4) is 0 Å². The van der Waals surface area contributed by atoms with Crippen molar-refractivity contribution < 1.29 is 12.8 Å². The zero-order valence-electron chi connectivity index (χ0n) is 9.56. The van der Waals surface area contributed by atoms with Crippen LogP contribution >= 0.6 is 0 Å². The lowest BCUT2D eigenvalue weighted by Crippen LogP contribution is -2.32. The molecule has 5 nitrogen and oxygen atoms in total. The zero-order chi connectivity index (χ0) is 12.2. The first-order valence-corrected chi connectivity index (χ1v) is 6.79. The Kier molecular flexibility index (Phi) is 4.52. The van der Waals surface area contributed by atoms with Crippen LogP contribution in [0.5, 0.6) is 0 Å². The summed E-state index contributed by atoms with van der Waals surface area (Å²) in [6, 6.07) is 2.89. The molecule has 0 aliphatic carbocycles. The zero-order valence-corrected chi connectivity index (χ0v) is 10.4. The van der Waals surface area contributed by atoms with Gasteiger partial charge in [-0.3, -0.25) is 0 Å². The van der Waals surface area contributed by atoms with Crippen LogP contribution in [-0.2, 0) is 16.6 Å². The van der Waals surface area contributed by atoms with Gasteiger partial charge in [0.1, 0.15) is 5.76 Å². The van der Waals surface area contributed by atoms with E-state index in [1.807, 2.05) is 13.8 Å². The highest BCUT2D eigenvalue weighted by molar-refractivity contribution is 7.89. The van der Waals surface area contributed by atoms with Crippen molar-refractivity contribution in [1.29, 1.82) is 0 Å². The Labute approximate surface area is 96.1 Å². The van der Waals surface area contributed by atoms with Gasteiger partial charge in [0, 0.05) is 6.04 Å². The summed E-state index contributed by atoms with van der Waals surface area (Å²) >= 11 is 0. The highest BCUT2D eigenvalue weighted by Crippen LogP contribution is 2.14. The number of hydrogen-bond donors (Lipinski definition) is 2. The molecule has 6 heteroatoms. The normalized spacial score (nSPS) is 13.9. The Morgan fingerprint density at radius 3 is 2.69 bits per heavy atom. The molecular formula is C10H18N2O3S. The first-order chi connectivity index (χ1) is 7.49. The van der Waals surface area contributed by atoms with Gasteiger partial charge in [-0.15, -0.1) is 0 Å². The summed E-state index contributed by atoms with van der Waals surface area (Å²) in [6.45, 7) is 4.03. The molecule has 0 fully saturated rings. The third kappa shape index (κ3) is 3.33. The van der Waals surface area contributed by atoms with Crippen LogP contribution in [0.3, 0.4) is 0 Å². The van der Waals surface area contributed by atoms with Crippen molar-refractivity contribution in [1.82, 2.24) is 4.72 Å². The Morgan fingerprint density at radius 2 is 2.19 bits per heavy atom. The summed E-state index contributed by atoms with van der Waals surface area (Å²) < 4.78 is 31.3. The van der Waals surface area contributed by atoms with E-state index in [1.165, 1.54) is 6.07 Å². The van der Waals surface area contributed by atoms with E-state index in [9.17, 15) is 8.42 Å². The van der Waals surface area contributed by atoms with Crippen LogP contribution in [0.1, 0.15) is 32.4 Å². The minimum Gasteiger partial charge on any atom is -0.447 e. The summed E-state index contributed by atoms with van der Waals surface area (Å²) in [5, 5.41) is -0.0732. The molecular weight excluding hydrogens is 228 g/mol. The van der Waals surface area contributed by atoms with Crippen LogP contribution in [-0.4, -0.2) is 14.5 Å². The van der Waals surface area contributed by atoms with E-state index in [2.05, 4.69) is 4.72 Å². The maximum Gasteiger partial charge on any atom is 0.274 e. The lowest BCUT2D eigenvalue weighted by molar-refractivity contribution is 0.409. The van der Waals surface area contributed by atoms with E-state index >= 15 is 0 Å². The van der Waals surface area contributed by atoms with Crippen molar-refractivity contribution >= 4 is 10.0 Å². The molecule has 0 aliphatic heterocycles. The number of hydrogen-bond acceptors (Lipinski definition) is 4. The molecule has 16 heavy (non-hydrogen) atoms. The van der Waals surface area contributed by atoms with Gasteiger partial charge in [-0.25, -0.2) is 13.1 Å². The fraction of sp³-hybridized carbons (Fsp3) is 0.600. The number of rotatable bonds is 6. The number of nitrogens with one attached hydrogen (secondary N) is 1. The molecule has 3 N–H and O–H groups in total. The van der Waals surface area contributed by atoms with E-state index in [4.69, 9.17) is 10.2 Å². The molecule has 0 saturated carbocycles. The van der Waals surface area contributed by atoms with E-state index < -0.39 is 10.0 Å². The van der Waals surface area contributed by atoms with Crippen molar-refractivity contribution in [3.63, 3.8) is 0 Å². The third-order valence-electron chi connectivity index (χ3n) is 2.18. The molecule has 0 aromatic carbocycles. The second kappa shape index (κ2) is 5.47. The second-order valence-electron chi connectivity index (χ2n) is 3.74. The molecule has 1 unspecified atom stereocenters. The molecule has 1 heterocycles. The molecule has 0 spiro atoms. The number of sulfonamides is 1. The maximum atomic E-state index is 11.8. The Balaban J connectivity index is 2.77. The first kappa shape index (κ1) is 13.2. The molecule has 0 aliphatic rings. The Bertz CT molecular complexity index is 425. The van der Waals surface area contributed by atoms with Crippen LogP contribution in [0.25, 0.3) is 0 Å². The highest BCUT2D eigenvalue weighted by Gasteiger charge is 2.20. The largest absolute Gasteiger partial charge is 0.447 e. The number of nitrogens with two attached hydrogens (primary N) is 1. The molecule has 0 saturated heterocycles. The fourth-order valence-electron chi connectivity index (χ4n) is 1.43. The van der Waals surface area contributed by atoms with Gasteiger partial charge < -0.3 is 10.2 Å². The van der Waals surface area contributed by atoms with Crippen molar-refractivity contribution in [2.45, 2.75) is 44.4 Å². The van der Waals surface area contributed by atoms with E-state index in [1.54, 1.807) is 6.07 Å². The summed E-state index contributed by atoms with van der Waals surface area (Å²) in [5.74, 6) is 0.462. The second-order valence-corrected chi connectivity index (χ2v) is 5.38. The molecule has 1 aromatic rings. The quantitative estimate of drug-likeness (QED) is 0.790. The predicted molar refractivity (Wildman–Crippen MR) is 61.3 cm³/mol. The molecule has 1 atom stereocenters. The average molecular weight is 246 g/mol. The predicted octanol–water partition coefficient (Wildman–Crippen LogP) is 1.21. The highest BCUT2D eigenvalue weighted by atomic mass is 32.2. The van der Waals surface area contributed by atoms with Gasteiger partial charge in [-0.1, -0.05) is 13.3 Å². The van der Waals surface area contributed by atoms with E-state index in [0.29, 0.717) is 5.76 Å². The molecule has 0 radical (unpaired) electrons. The van der Waals surface area contributed by atoms with Crippen LogP contribution in [0.4, 0.5) is 0 Å². The molecule has 1 rings (SSSR count). The molecule has 1 aromatic heterocycles. The van der Waals surface area contributed by atoms with Gasteiger partial charge in [0.05, 0.1) is 6.54 Å². The van der Waals surface area contributed by atoms with Gasteiger partial charge >= 0.3 is 0 Å². The van der Waals surface area contributed by atoms with Gasteiger partial charge in [-0.05, 0) is 25.5 Å². The van der Waals surface area contributed by atoms with Gasteiger partial charge in [0.25, 0.3) is 10.0 Å². The van der Waals surface area contributed by atoms with Gasteiger partial charge in [0.15, 0.2) is 0 Å². The standard InChI is InChI=1S/C10H18N2O3S/c1-3-4-8(2)12-16(13,14)10-6-5-9(7-11)15-10/h5-6,8,12H,3-4,7,11H2,1-2H3. The van der Waals surface area contributed by atoms with Gasteiger partial charge in [-0.2, -0.15) is 0 Å². The lowest BCUT2D eigenvalue weighted by Gasteiger charge is -2.11. The summed E-state index contributed by atoms with van der Waals surface area (Å²) in [5.41, 5.74) is 5.35. The van der Waals surface area contributed by atoms with Crippen LogP contribution in [0.2, 0.25) is 0 Å². The minimum absolute atomic E-state index is 0.0732. The molecule has 0 bridgehead atoms. The minimum atomic E-state index is -3.54. The van der Waals surface area contributed by atoms with Crippen LogP contribution < -0.4 is 10.5 Å². The Hall–Kier alpha value is -0.850. The topological polar surface area (TPSA) is 85.3 Å². The summed E-state index contributed by atoms with van der Waals surface area (Å²) in [6.07, 6.45) is 1.72. The van der Waals surface area contributed by atoms with Crippen molar-refractivity contribution in [2.24, 2.45) is 5.73 Å². The third-order valence-corrected chi connectivity index (χ3v) is 3.64. The van der Waals surface area contributed by atoms with Gasteiger partial charge in [0.2, 0.25) is 5.09 Å². The smallest absolute Gasteiger partial charge is 0.274 e. The molecule has 0 amide bonds. The monoisotopic (exact) mass is 246 g/mol. The Morgan fingerprint density at radius 1 is 1.50 bits per heavy atom. The first-order valence-electron chi connectivity index (χ1n) is 5.30. The van der Waals surface area contributed by atoms with Crippen LogP contribution in [0.15, 0.2) is 21.6 Å². The van der Waals surface area contributed by atoms with E-state index in [-0.39, 0.29) is 17.7 Å². The summed E-state index contributed by atoms with van der Waals surface area (Å²) in [7, 11) is -3.54. The average Bonchev–Trinajstić information content (AvgIpc) is 2.65. The lowest BCUT2D eigenvalue weighted by atomic mass is 10.2. The fourth-order valence-corrected chi connectivity index (χ4v) is 2.65. The van der Waals surface area contributed by atoms with Crippen LogP contribution in [0, 0.1) is 0 Å². The van der Waals surface area contributed by atoms with Crippen molar-refractivity contribution in [2.75, 3.05) is 0 Å². The summed E-state index contributed by atoms with van der Waals surface area (Å²) in [4.78, 5) is 0. The molecule has 92 valence electrons. The SMILES string of the molecule is CCCC(C)NS(=O)(=O)c1ccc(CN)o1.